The van der Waals surface area contributed by atoms with Gasteiger partial charge in [-0.2, -0.15) is 0 Å². The molecule has 1 heterocycles. The lowest BCUT2D eigenvalue weighted by Crippen LogP contribution is -2.05. The van der Waals surface area contributed by atoms with Crippen LogP contribution < -0.4 is 4.74 Å². The van der Waals surface area contributed by atoms with Crippen molar-refractivity contribution < 1.29 is 23.9 Å². The second-order valence-electron chi connectivity index (χ2n) is 5.86. The number of benzene rings is 1. The molecule has 0 atom stereocenters. The lowest BCUT2D eigenvalue weighted by molar-refractivity contribution is 0.0526. The molecule has 6 nitrogen and oxygen atoms in total. The number of nitrogens with zero attached hydrogens (tertiary/aromatic N) is 1. The first-order valence-electron chi connectivity index (χ1n) is 8.60. The molecule has 2 rings (SSSR count). The first-order chi connectivity index (χ1) is 12.5. The van der Waals surface area contributed by atoms with E-state index in [1.54, 1.807) is 55.1 Å². The zero-order valence-electron chi connectivity index (χ0n) is 15.1. The van der Waals surface area contributed by atoms with Crippen LogP contribution in [-0.2, 0) is 11.8 Å². The summed E-state index contributed by atoms with van der Waals surface area (Å²) in [6.07, 6.45) is 4.25. The molecule has 0 spiro atoms. The predicted octanol–water partition coefficient (Wildman–Crippen LogP) is 3.45. The molecular formula is C20H23NO5. The highest BCUT2D eigenvalue weighted by molar-refractivity contribution is 5.97. The van der Waals surface area contributed by atoms with E-state index in [1.165, 1.54) is 0 Å². The highest BCUT2D eigenvalue weighted by atomic mass is 16.5. The summed E-state index contributed by atoms with van der Waals surface area (Å²) in [5, 5.41) is 0. The average Bonchev–Trinajstić information content (AvgIpc) is 3.03. The Balaban J connectivity index is 1.70. The molecule has 0 unspecified atom stereocenters. The van der Waals surface area contributed by atoms with Crippen LogP contribution >= 0.6 is 0 Å². The van der Waals surface area contributed by atoms with Crippen molar-refractivity contribution in [1.82, 2.24) is 4.57 Å². The normalized spacial score (nSPS) is 10.4. The van der Waals surface area contributed by atoms with Crippen LogP contribution in [0.25, 0.3) is 0 Å². The molecule has 2 aromatic rings. The van der Waals surface area contributed by atoms with Crippen molar-refractivity contribution in [3.05, 3.63) is 53.3 Å². The van der Waals surface area contributed by atoms with Crippen LogP contribution in [0.3, 0.4) is 0 Å². The number of ether oxygens (including phenoxy) is 2. The number of hydrogen-bond donors (Lipinski definition) is 0. The van der Waals surface area contributed by atoms with E-state index in [-0.39, 0.29) is 11.8 Å². The van der Waals surface area contributed by atoms with Crippen LogP contribution in [-0.4, -0.2) is 35.8 Å². The molecule has 0 bridgehead atoms. The SMILES string of the molecule is CCOC(=O)c1ccc(OCCCCC(=O)c2cc(C=O)n(C)c2)cc1. The van der Waals surface area contributed by atoms with Gasteiger partial charge in [-0.25, -0.2) is 4.79 Å². The van der Waals surface area contributed by atoms with Gasteiger partial charge in [0.05, 0.1) is 24.5 Å². The van der Waals surface area contributed by atoms with Crippen LogP contribution in [0.4, 0.5) is 0 Å². The van der Waals surface area contributed by atoms with Crippen molar-refractivity contribution in [2.45, 2.75) is 26.2 Å². The summed E-state index contributed by atoms with van der Waals surface area (Å²) >= 11 is 0. The van der Waals surface area contributed by atoms with Gasteiger partial charge in [0.25, 0.3) is 0 Å². The van der Waals surface area contributed by atoms with E-state index < -0.39 is 0 Å². The quantitative estimate of drug-likeness (QED) is 0.282. The van der Waals surface area contributed by atoms with Gasteiger partial charge in [-0.15, -0.1) is 0 Å². The monoisotopic (exact) mass is 357 g/mol. The zero-order chi connectivity index (χ0) is 18.9. The minimum Gasteiger partial charge on any atom is -0.494 e. The maximum Gasteiger partial charge on any atom is 0.338 e. The number of unbranched alkanes of at least 4 members (excludes halogenated alkanes) is 1. The Morgan fingerprint density at radius 2 is 1.85 bits per heavy atom. The molecule has 0 aliphatic heterocycles. The average molecular weight is 357 g/mol. The van der Waals surface area contributed by atoms with Gasteiger partial charge in [-0.1, -0.05) is 0 Å². The minimum absolute atomic E-state index is 0.0208. The lowest BCUT2D eigenvalue weighted by Gasteiger charge is -2.07. The third-order valence-corrected chi connectivity index (χ3v) is 3.92. The van der Waals surface area contributed by atoms with E-state index in [0.29, 0.717) is 48.6 Å². The Bertz CT molecular complexity index is 761. The van der Waals surface area contributed by atoms with Crippen LogP contribution in [0.1, 0.15) is 57.4 Å². The van der Waals surface area contributed by atoms with E-state index in [0.717, 1.165) is 12.7 Å². The van der Waals surface area contributed by atoms with Crippen molar-refractivity contribution in [3.8, 4) is 5.75 Å². The summed E-state index contributed by atoms with van der Waals surface area (Å²) in [4.78, 5) is 34.5. The number of aryl methyl sites for hydroxylation is 1. The fourth-order valence-corrected chi connectivity index (χ4v) is 2.47. The van der Waals surface area contributed by atoms with Crippen LogP contribution in [0.2, 0.25) is 0 Å². The molecule has 0 amide bonds. The second kappa shape index (κ2) is 9.56. The van der Waals surface area contributed by atoms with Crippen LogP contribution in [0, 0.1) is 0 Å². The van der Waals surface area contributed by atoms with E-state index >= 15 is 0 Å². The molecule has 0 aliphatic rings. The number of esters is 1. The van der Waals surface area contributed by atoms with Gasteiger partial charge in [-0.3, -0.25) is 9.59 Å². The predicted molar refractivity (Wildman–Crippen MR) is 96.9 cm³/mol. The van der Waals surface area contributed by atoms with Crippen molar-refractivity contribution >= 4 is 18.0 Å². The molecule has 0 aliphatic carbocycles. The first kappa shape index (κ1) is 19.4. The molecule has 0 fully saturated rings. The van der Waals surface area contributed by atoms with Crippen molar-refractivity contribution in [2.75, 3.05) is 13.2 Å². The Morgan fingerprint density at radius 3 is 2.46 bits per heavy atom. The third kappa shape index (κ3) is 5.31. The molecule has 0 N–H and O–H groups in total. The van der Waals surface area contributed by atoms with Crippen molar-refractivity contribution in [3.63, 3.8) is 0 Å². The molecule has 0 saturated carbocycles. The second-order valence-corrected chi connectivity index (χ2v) is 5.86. The van der Waals surface area contributed by atoms with Gasteiger partial charge in [-0.05, 0) is 50.1 Å². The summed E-state index contributed by atoms with van der Waals surface area (Å²) in [7, 11) is 1.74. The molecule has 1 aromatic carbocycles. The summed E-state index contributed by atoms with van der Waals surface area (Å²) < 4.78 is 12.2. The molecule has 0 radical (unpaired) electrons. The number of aromatic nitrogens is 1. The van der Waals surface area contributed by atoms with Crippen LogP contribution in [0.5, 0.6) is 5.75 Å². The molecule has 0 saturated heterocycles. The van der Waals surface area contributed by atoms with Crippen molar-refractivity contribution in [2.24, 2.45) is 7.05 Å². The van der Waals surface area contributed by atoms with Gasteiger partial charge >= 0.3 is 5.97 Å². The van der Waals surface area contributed by atoms with Crippen LogP contribution in [0.15, 0.2) is 36.5 Å². The molecule has 138 valence electrons. The Hall–Kier alpha value is -2.89. The van der Waals surface area contributed by atoms with E-state index in [4.69, 9.17) is 9.47 Å². The number of carbonyl (C=O) groups is 3. The summed E-state index contributed by atoms with van der Waals surface area (Å²) in [6.45, 7) is 2.59. The molecule has 26 heavy (non-hydrogen) atoms. The van der Waals surface area contributed by atoms with Gasteiger partial charge in [0, 0.05) is 25.2 Å². The zero-order valence-corrected chi connectivity index (χ0v) is 15.1. The molecule has 1 aromatic heterocycles. The highest BCUT2D eigenvalue weighted by Crippen LogP contribution is 2.14. The fraction of sp³-hybridized carbons (Fsp3) is 0.350. The summed E-state index contributed by atoms with van der Waals surface area (Å²) in [6, 6.07) is 8.38. The maximum absolute atomic E-state index is 12.1. The number of rotatable bonds is 10. The summed E-state index contributed by atoms with van der Waals surface area (Å²) in [5.41, 5.74) is 1.54. The summed E-state index contributed by atoms with van der Waals surface area (Å²) in [5.74, 6) is 0.340. The molecular weight excluding hydrogens is 334 g/mol. The minimum atomic E-state index is -0.351. The number of Topliss-reactive ketones (excluding diaryl/α,β-unsaturated/α-hetero) is 1. The number of aldehydes is 1. The van der Waals surface area contributed by atoms with Gasteiger partial charge < -0.3 is 14.0 Å². The van der Waals surface area contributed by atoms with E-state index in [2.05, 4.69) is 0 Å². The largest absolute Gasteiger partial charge is 0.494 e. The van der Waals surface area contributed by atoms with Gasteiger partial charge in [0.2, 0.25) is 0 Å². The Labute approximate surface area is 152 Å². The number of ketones is 1. The standard InChI is InChI=1S/C20H23NO5/c1-3-25-20(24)15-7-9-18(10-8-15)26-11-5-4-6-19(23)16-12-17(14-22)21(2)13-16/h7-10,12-14H,3-6,11H2,1-2H3. The Morgan fingerprint density at radius 1 is 1.12 bits per heavy atom. The smallest absolute Gasteiger partial charge is 0.338 e. The van der Waals surface area contributed by atoms with Gasteiger partial charge in [0.15, 0.2) is 12.1 Å². The van der Waals surface area contributed by atoms with Crippen molar-refractivity contribution in [1.29, 1.82) is 0 Å². The van der Waals surface area contributed by atoms with Gasteiger partial charge in [0.1, 0.15) is 5.75 Å². The first-order valence-corrected chi connectivity index (χ1v) is 8.60. The van der Waals surface area contributed by atoms with E-state index in [1.807, 2.05) is 0 Å². The highest BCUT2D eigenvalue weighted by Gasteiger charge is 2.10. The Kier molecular flexibility index (Phi) is 7.14. The topological polar surface area (TPSA) is 74.6 Å². The third-order valence-electron chi connectivity index (χ3n) is 3.92. The number of hydrogen-bond acceptors (Lipinski definition) is 5. The maximum atomic E-state index is 12.1. The molecule has 6 heteroatoms. The lowest BCUT2D eigenvalue weighted by atomic mass is 10.1. The number of carbonyl (C=O) groups excluding carboxylic acids is 3. The van der Waals surface area contributed by atoms with E-state index in [9.17, 15) is 14.4 Å². The fourth-order valence-electron chi connectivity index (χ4n) is 2.47.